The summed E-state index contributed by atoms with van der Waals surface area (Å²) in [5, 5.41) is 38.0. The van der Waals surface area contributed by atoms with Crippen molar-refractivity contribution in [2.24, 2.45) is 0 Å². The number of unbranched alkanes of at least 4 members (excludes halogenated alkanes) is 36. The summed E-state index contributed by atoms with van der Waals surface area (Å²) in [6, 6.07) is 0. The van der Waals surface area contributed by atoms with Crippen LogP contribution in [0.4, 0.5) is 0 Å². The molecule has 10 heteroatoms. The molecule has 0 saturated carbocycles. The Morgan fingerprint density at radius 2 is 0.371 bits per heavy atom. The molecular weight excluding hydrogens is 1090 g/mol. The molecule has 0 saturated heterocycles. The van der Waals surface area contributed by atoms with Gasteiger partial charge in [-0.3, -0.25) is 0 Å². The van der Waals surface area contributed by atoms with E-state index < -0.39 is 23.9 Å². The number of hydrogen-bond donors (Lipinski definition) is 0. The van der Waals surface area contributed by atoms with Crippen molar-refractivity contribution in [2.45, 2.75) is 356 Å². The van der Waals surface area contributed by atoms with Crippen molar-refractivity contribution in [1.29, 1.82) is 0 Å². The van der Waals surface area contributed by atoms with Gasteiger partial charge in [-0.25, -0.2) is 0 Å². The number of rotatable bonds is 48. The number of aliphatic carboxylic acids is 4. The zero-order chi connectivity index (χ0) is 53.7. The number of carbonyl (C=O) groups is 4. The van der Waals surface area contributed by atoms with E-state index in [1.165, 1.54) is 218 Å². The van der Waals surface area contributed by atoms with Crippen LogP contribution >= 0.6 is 0 Å². The molecule has 0 N–H and O–H groups in total. The van der Waals surface area contributed by atoms with Crippen molar-refractivity contribution in [3.8, 4) is 0 Å². The van der Waals surface area contributed by atoms with Crippen LogP contribution in [-0.2, 0) is 19.2 Å². The van der Waals surface area contributed by atoms with Crippen molar-refractivity contribution in [1.82, 2.24) is 0 Å². The molecule has 8 nitrogen and oxygen atoms in total. The van der Waals surface area contributed by atoms with E-state index in [0.29, 0.717) is 0 Å². The normalized spacial score (nSPS) is 9.94. The Bertz CT molecular complexity index is 842. The molecule has 0 radical (unpaired) electrons. The molecule has 70 heavy (non-hydrogen) atoms. The van der Waals surface area contributed by atoms with Crippen LogP contribution in [0.3, 0.4) is 0 Å². The van der Waals surface area contributed by atoms with Crippen LogP contribution in [0.5, 0.6) is 0 Å². The minimum atomic E-state index is -1.08. The zero-order valence-electron chi connectivity index (χ0n) is 48.2. The average Bonchev–Trinajstić information content (AvgIpc) is 3.31. The van der Waals surface area contributed by atoms with Gasteiger partial charge in [-0.15, -0.1) is 0 Å². The molecule has 0 aliphatic carbocycles. The molecule has 0 heterocycles. The third-order valence-electron chi connectivity index (χ3n) is 11.8. The van der Waals surface area contributed by atoms with Gasteiger partial charge in [-0.05, 0) is 39.5 Å². The molecule has 0 atom stereocenters. The maximum atomic E-state index is 10.1. The van der Waals surface area contributed by atoms with Crippen molar-refractivity contribution >= 4 is 66.2 Å². The van der Waals surface area contributed by atoms with Gasteiger partial charge in [0.2, 0.25) is 0 Å². The Balaban J connectivity index is -0.000000185. The summed E-state index contributed by atoms with van der Waals surface area (Å²) < 4.78 is 6.63. The van der Waals surface area contributed by atoms with Crippen LogP contribution in [-0.4, -0.2) is 66.2 Å². The van der Waals surface area contributed by atoms with E-state index in [0.717, 1.165) is 39.5 Å². The second kappa shape index (κ2) is 82.5. The summed E-state index contributed by atoms with van der Waals surface area (Å²) >= 11 is 0.147. The summed E-state index contributed by atoms with van der Waals surface area (Å²) in [7, 11) is 0. The van der Waals surface area contributed by atoms with E-state index in [1.807, 2.05) is 0 Å². The molecule has 0 bridgehead atoms. The number of carboxylic acid groups (broad SMARTS) is 4. The fourth-order valence-electron chi connectivity index (χ4n) is 7.53. The Kier molecular flexibility index (Phi) is 95.3. The minimum absolute atomic E-state index is 0.0736. The van der Waals surface area contributed by atoms with Gasteiger partial charge < -0.3 is 39.6 Å². The monoisotopic (exact) mass is 1210 g/mol. The average molecular weight is 1210 g/mol. The van der Waals surface area contributed by atoms with Gasteiger partial charge in [-0.1, -0.05) is 117 Å². The fourth-order valence-corrected chi connectivity index (χ4v) is 14.7. The van der Waals surface area contributed by atoms with Gasteiger partial charge in [0.05, 0.1) is 0 Å². The summed E-state index contributed by atoms with van der Waals surface area (Å²) in [5.41, 5.74) is 0. The topological polar surface area (TPSA) is 161 Å². The van der Waals surface area contributed by atoms with Crippen LogP contribution < -0.4 is 20.4 Å². The van der Waals surface area contributed by atoms with Crippen molar-refractivity contribution in [2.75, 3.05) is 0 Å². The molecule has 0 aromatic carbocycles. The van der Waals surface area contributed by atoms with Crippen LogP contribution in [0.1, 0.15) is 338 Å². The van der Waals surface area contributed by atoms with Gasteiger partial charge in [0, 0.05) is 23.9 Å². The van der Waals surface area contributed by atoms with Gasteiger partial charge in [0.15, 0.2) is 0 Å². The van der Waals surface area contributed by atoms with Crippen molar-refractivity contribution < 1.29 is 39.6 Å². The first-order valence-electron chi connectivity index (χ1n) is 30.0. The molecule has 0 aliphatic rings. The predicted octanol–water partition coefficient (Wildman–Crippen LogP) is 15.3. The molecule has 0 amide bonds. The number of carboxylic acids is 4. The molecule has 0 spiro atoms. The molecule has 0 aromatic rings. The first kappa shape index (κ1) is 80.9. The van der Waals surface area contributed by atoms with Gasteiger partial charge in [0.25, 0.3) is 0 Å². The second-order valence-electron chi connectivity index (χ2n) is 19.5. The molecule has 0 unspecified atom stereocenters. The van der Waals surface area contributed by atoms with E-state index in [1.54, 1.807) is 43.4 Å². The third kappa shape index (κ3) is 122. The van der Waals surface area contributed by atoms with E-state index in [9.17, 15) is 19.8 Å². The predicted molar refractivity (Wildman–Crippen MR) is 299 cm³/mol. The molecule has 0 fully saturated rings. The Morgan fingerprint density at radius 3 is 0.514 bits per heavy atom. The fraction of sp³-hybridized carbons (Fsp3) is 0.933. The SMILES string of the molecule is CC(=O)[O-].CC(=O)[O-].CCCCCCCCCCCC(=O)[O-].CCCCCCCCCCCC(=O)[O-].CCCCCCC[CH2][Sn+2][CH2]CCCCCCC.CCCCCCC[CH2][Sn+2][CH2]CCCCCCC. The van der Waals surface area contributed by atoms with Crippen LogP contribution in [0.15, 0.2) is 0 Å². The summed E-state index contributed by atoms with van der Waals surface area (Å²) in [6.45, 7) is 15.6. The zero-order valence-corrected chi connectivity index (χ0v) is 53.9. The maximum absolute atomic E-state index is 10.1. The van der Waals surface area contributed by atoms with Crippen molar-refractivity contribution in [3.05, 3.63) is 0 Å². The first-order chi connectivity index (χ1) is 33.8. The van der Waals surface area contributed by atoms with Gasteiger partial charge in [-0.2, -0.15) is 0 Å². The molecular formula is C60H120O8Sn2. The molecule has 0 aromatic heterocycles. The van der Waals surface area contributed by atoms with Gasteiger partial charge in [0.1, 0.15) is 0 Å². The Morgan fingerprint density at radius 1 is 0.243 bits per heavy atom. The molecule has 0 rings (SSSR count). The number of hydrogen-bond acceptors (Lipinski definition) is 8. The van der Waals surface area contributed by atoms with Crippen molar-refractivity contribution in [3.63, 3.8) is 0 Å². The summed E-state index contributed by atoms with van der Waals surface area (Å²) in [4.78, 5) is 38.0. The van der Waals surface area contributed by atoms with E-state index >= 15 is 0 Å². The molecule has 0 aliphatic heterocycles. The summed E-state index contributed by atoms with van der Waals surface area (Å²) in [5.74, 6) is -3.99. The Hall–Kier alpha value is -0.523. The molecule has 416 valence electrons. The third-order valence-corrected chi connectivity index (χ3v) is 19.9. The summed E-state index contributed by atoms with van der Waals surface area (Å²) in [6.07, 6.45) is 58.0. The standard InChI is InChI=1S/2C12H24O2.4C8H17.2C2H4O2.2Sn/c2*1-2-3-4-5-6-7-8-9-10-11-12(13)14;4*1-3-5-7-8-6-4-2;2*1-2(3)4;;/h2*2-11H2,1H3,(H,13,14);4*1,3-8H2,2H3;2*1H3,(H,3,4);;/q;;;;;;;;2*+2/p-4. The van der Waals surface area contributed by atoms with E-state index in [2.05, 4.69) is 41.5 Å². The first-order valence-corrected chi connectivity index (χ1v) is 38.1. The van der Waals surface area contributed by atoms with E-state index in [-0.39, 0.29) is 55.1 Å². The quantitative estimate of drug-likeness (QED) is 0.0430. The van der Waals surface area contributed by atoms with Crippen LogP contribution in [0.25, 0.3) is 0 Å². The van der Waals surface area contributed by atoms with Crippen LogP contribution in [0.2, 0.25) is 17.7 Å². The van der Waals surface area contributed by atoms with Gasteiger partial charge >= 0.3 is 242 Å². The van der Waals surface area contributed by atoms with E-state index in [4.69, 9.17) is 19.8 Å². The van der Waals surface area contributed by atoms with Crippen LogP contribution in [0, 0.1) is 0 Å². The number of carbonyl (C=O) groups excluding carboxylic acids is 4. The Labute approximate surface area is 458 Å². The second-order valence-corrected chi connectivity index (χ2v) is 28.0.